The lowest BCUT2D eigenvalue weighted by Crippen LogP contribution is -2.44. The van der Waals surface area contributed by atoms with E-state index in [2.05, 4.69) is 10.3 Å². The minimum absolute atomic E-state index is 0.0283. The molecule has 98 valence electrons. The summed E-state index contributed by atoms with van der Waals surface area (Å²) in [6.07, 6.45) is 4.33. The van der Waals surface area contributed by atoms with Gasteiger partial charge in [-0.3, -0.25) is 4.79 Å². The first-order valence-electron chi connectivity index (χ1n) is 6.13. The van der Waals surface area contributed by atoms with Gasteiger partial charge >= 0.3 is 0 Å². The Bertz CT molecular complexity index is 432. The van der Waals surface area contributed by atoms with Crippen molar-refractivity contribution in [2.45, 2.75) is 32.2 Å². The highest BCUT2D eigenvalue weighted by atomic mass is 16.5. The molecule has 1 aliphatic rings. The summed E-state index contributed by atoms with van der Waals surface area (Å²) in [5.74, 6) is 0.497. The zero-order valence-electron chi connectivity index (χ0n) is 10.8. The van der Waals surface area contributed by atoms with E-state index < -0.39 is 5.41 Å². The summed E-state index contributed by atoms with van der Waals surface area (Å²) < 4.78 is 4.97. The van der Waals surface area contributed by atoms with Gasteiger partial charge in [-0.1, -0.05) is 6.42 Å². The number of carbonyl (C=O) groups is 1. The number of hydrogen-bond acceptors (Lipinski definition) is 4. The van der Waals surface area contributed by atoms with Gasteiger partial charge in [0.2, 0.25) is 11.8 Å². The minimum Gasteiger partial charge on any atom is -0.481 e. The van der Waals surface area contributed by atoms with Crippen molar-refractivity contribution in [1.82, 2.24) is 4.98 Å². The number of hydrogen-bond donors (Lipinski definition) is 2. The topological polar surface area (TPSA) is 77.2 Å². The summed E-state index contributed by atoms with van der Waals surface area (Å²) in [7, 11) is 1.55. The lowest BCUT2D eigenvalue weighted by molar-refractivity contribution is -0.125. The van der Waals surface area contributed by atoms with Crippen LogP contribution in [0.1, 0.15) is 26.2 Å². The van der Waals surface area contributed by atoms with Gasteiger partial charge in [0.1, 0.15) is 0 Å². The monoisotopic (exact) mass is 249 g/mol. The molecule has 0 bridgehead atoms. The van der Waals surface area contributed by atoms with Gasteiger partial charge in [-0.25, -0.2) is 4.98 Å². The maximum atomic E-state index is 12.3. The summed E-state index contributed by atoms with van der Waals surface area (Å²) in [5, 5.41) is 2.87. The van der Waals surface area contributed by atoms with Crippen molar-refractivity contribution in [2.24, 2.45) is 11.1 Å². The fraction of sp³-hybridized carbons (Fsp3) is 0.538. The molecule has 18 heavy (non-hydrogen) atoms. The second kappa shape index (κ2) is 4.94. The van der Waals surface area contributed by atoms with Crippen LogP contribution in [-0.4, -0.2) is 24.0 Å². The van der Waals surface area contributed by atoms with Gasteiger partial charge < -0.3 is 15.8 Å². The van der Waals surface area contributed by atoms with Crippen LogP contribution in [0.25, 0.3) is 0 Å². The largest absolute Gasteiger partial charge is 0.481 e. The molecule has 1 saturated carbocycles. The number of carbonyl (C=O) groups excluding carboxylic acids is 1. The van der Waals surface area contributed by atoms with E-state index in [1.807, 2.05) is 6.92 Å². The van der Waals surface area contributed by atoms with E-state index in [0.29, 0.717) is 11.6 Å². The van der Waals surface area contributed by atoms with E-state index in [1.54, 1.807) is 25.4 Å². The summed E-state index contributed by atoms with van der Waals surface area (Å²) >= 11 is 0. The Balaban J connectivity index is 2.06. The number of anilines is 1. The predicted octanol–water partition coefficient (Wildman–Crippen LogP) is 1.55. The smallest absolute Gasteiger partial charge is 0.231 e. The van der Waals surface area contributed by atoms with Crippen molar-refractivity contribution in [1.29, 1.82) is 0 Å². The third-order valence-corrected chi connectivity index (χ3v) is 3.75. The number of nitrogens with zero attached hydrogens (tertiary/aromatic N) is 1. The lowest BCUT2D eigenvalue weighted by Gasteiger charge is -2.27. The first kappa shape index (κ1) is 12.8. The summed E-state index contributed by atoms with van der Waals surface area (Å²) in [5.41, 5.74) is 6.21. The van der Waals surface area contributed by atoms with Crippen LogP contribution in [0.4, 0.5) is 5.69 Å². The molecule has 0 aromatic carbocycles. The van der Waals surface area contributed by atoms with Crippen LogP contribution in [0.15, 0.2) is 18.3 Å². The molecule has 1 heterocycles. The molecule has 3 N–H and O–H groups in total. The first-order valence-corrected chi connectivity index (χ1v) is 6.13. The Morgan fingerprint density at radius 2 is 2.39 bits per heavy atom. The minimum atomic E-state index is -0.472. The second-order valence-corrected chi connectivity index (χ2v) is 4.96. The van der Waals surface area contributed by atoms with Gasteiger partial charge in [-0.05, 0) is 25.8 Å². The normalized spacial score (nSPS) is 26.9. The van der Waals surface area contributed by atoms with Crippen LogP contribution < -0.4 is 15.8 Å². The Kier molecular flexibility index (Phi) is 3.52. The van der Waals surface area contributed by atoms with E-state index in [1.165, 1.54) is 0 Å². The zero-order valence-corrected chi connectivity index (χ0v) is 10.8. The number of nitrogens with one attached hydrogen (secondary N) is 1. The van der Waals surface area contributed by atoms with Gasteiger partial charge in [-0.2, -0.15) is 0 Å². The molecule has 2 rings (SSSR count). The molecule has 5 heteroatoms. The highest BCUT2D eigenvalue weighted by Crippen LogP contribution is 2.37. The molecule has 1 fully saturated rings. The number of methoxy groups -OCH3 is 1. The van der Waals surface area contributed by atoms with E-state index in [0.717, 1.165) is 19.3 Å². The van der Waals surface area contributed by atoms with E-state index >= 15 is 0 Å². The number of amides is 1. The fourth-order valence-corrected chi connectivity index (χ4v) is 2.32. The molecule has 0 spiro atoms. The maximum Gasteiger partial charge on any atom is 0.231 e. The van der Waals surface area contributed by atoms with Crippen LogP contribution in [0, 0.1) is 5.41 Å². The molecule has 1 aliphatic carbocycles. The van der Waals surface area contributed by atoms with Crippen molar-refractivity contribution in [3.05, 3.63) is 18.3 Å². The number of rotatable bonds is 3. The molecule has 2 atom stereocenters. The number of nitrogens with two attached hydrogens (primary N) is 1. The van der Waals surface area contributed by atoms with Crippen molar-refractivity contribution in [2.75, 3.05) is 12.4 Å². The van der Waals surface area contributed by atoms with Crippen molar-refractivity contribution >= 4 is 11.6 Å². The summed E-state index contributed by atoms with van der Waals surface area (Å²) in [6.45, 7) is 1.93. The van der Waals surface area contributed by atoms with Gasteiger partial charge in [-0.15, -0.1) is 0 Å². The second-order valence-electron chi connectivity index (χ2n) is 4.96. The number of ether oxygens (including phenoxy) is 1. The van der Waals surface area contributed by atoms with Crippen LogP contribution in [0.3, 0.4) is 0 Å². The maximum absolute atomic E-state index is 12.3. The fourth-order valence-electron chi connectivity index (χ4n) is 2.32. The molecule has 1 aromatic rings. The molecule has 2 unspecified atom stereocenters. The van der Waals surface area contributed by atoms with E-state index in [-0.39, 0.29) is 11.9 Å². The standard InChI is InChI=1S/C13H19N3O2/c1-13(7-3-4-10(13)14)12(17)16-9-5-6-11(18-2)15-8-9/h5-6,8,10H,3-4,7,14H2,1-2H3,(H,16,17). The molecule has 1 amide bonds. The third kappa shape index (κ3) is 2.31. The average Bonchev–Trinajstić information content (AvgIpc) is 2.72. The molecule has 0 aliphatic heterocycles. The average molecular weight is 249 g/mol. The van der Waals surface area contributed by atoms with Crippen LogP contribution in [-0.2, 0) is 4.79 Å². The van der Waals surface area contributed by atoms with Gasteiger partial charge in [0.05, 0.1) is 24.4 Å². The quantitative estimate of drug-likeness (QED) is 0.852. The molecular formula is C13H19N3O2. The summed E-state index contributed by atoms with van der Waals surface area (Å²) in [6, 6.07) is 3.42. The van der Waals surface area contributed by atoms with Crippen molar-refractivity contribution in [3.63, 3.8) is 0 Å². The SMILES string of the molecule is COc1ccc(NC(=O)C2(C)CCCC2N)cn1. The van der Waals surface area contributed by atoms with Gasteiger partial charge in [0.25, 0.3) is 0 Å². The first-order chi connectivity index (χ1) is 8.56. The highest BCUT2D eigenvalue weighted by Gasteiger charge is 2.42. The van der Waals surface area contributed by atoms with Crippen molar-refractivity contribution < 1.29 is 9.53 Å². The number of pyridine rings is 1. The number of aromatic nitrogens is 1. The molecule has 0 saturated heterocycles. The van der Waals surface area contributed by atoms with Crippen molar-refractivity contribution in [3.8, 4) is 5.88 Å². The van der Waals surface area contributed by atoms with Crippen LogP contribution >= 0.6 is 0 Å². The predicted molar refractivity (Wildman–Crippen MR) is 69.4 cm³/mol. The Labute approximate surface area is 107 Å². The van der Waals surface area contributed by atoms with Crippen LogP contribution in [0.5, 0.6) is 5.88 Å². The van der Waals surface area contributed by atoms with Crippen LogP contribution in [0.2, 0.25) is 0 Å². The third-order valence-electron chi connectivity index (χ3n) is 3.75. The molecular weight excluding hydrogens is 230 g/mol. The Morgan fingerprint density at radius 1 is 1.61 bits per heavy atom. The van der Waals surface area contributed by atoms with Gasteiger partial charge in [0.15, 0.2) is 0 Å². The molecule has 1 aromatic heterocycles. The Morgan fingerprint density at radius 3 is 2.89 bits per heavy atom. The van der Waals surface area contributed by atoms with E-state index in [4.69, 9.17) is 10.5 Å². The molecule has 5 nitrogen and oxygen atoms in total. The van der Waals surface area contributed by atoms with Gasteiger partial charge in [0, 0.05) is 12.1 Å². The Hall–Kier alpha value is -1.62. The highest BCUT2D eigenvalue weighted by molar-refractivity contribution is 5.95. The summed E-state index contributed by atoms with van der Waals surface area (Å²) in [4.78, 5) is 16.3. The lowest BCUT2D eigenvalue weighted by atomic mass is 9.84. The zero-order chi connectivity index (χ0) is 13.2. The molecule has 0 radical (unpaired) electrons. The van der Waals surface area contributed by atoms with E-state index in [9.17, 15) is 4.79 Å².